The van der Waals surface area contributed by atoms with Crippen LogP contribution in [0.2, 0.25) is 0 Å². The minimum atomic E-state index is -0.267. The molecule has 2 aromatic rings. The summed E-state index contributed by atoms with van der Waals surface area (Å²) in [4.78, 5) is 30.1. The maximum absolute atomic E-state index is 12.5. The van der Waals surface area contributed by atoms with Crippen LogP contribution in [-0.2, 0) is 11.3 Å². The minimum Gasteiger partial charge on any atom is -0.334 e. The van der Waals surface area contributed by atoms with Gasteiger partial charge in [-0.05, 0) is 30.5 Å². The van der Waals surface area contributed by atoms with Crippen LogP contribution in [0.1, 0.15) is 24.8 Å². The lowest BCUT2D eigenvalue weighted by Gasteiger charge is -2.34. The Balaban J connectivity index is 1.51. The monoisotopic (exact) mass is 310 g/mol. The Hall–Kier alpha value is -2.63. The fraction of sp³-hybridized carbons (Fsp3) is 0.353. The fourth-order valence-electron chi connectivity index (χ4n) is 3.48. The number of amides is 3. The summed E-state index contributed by atoms with van der Waals surface area (Å²) in [7, 11) is 0. The summed E-state index contributed by atoms with van der Waals surface area (Å²) in [5, 5.41) is 2.97. The molecule has 0 spiro atoms. The molecule has 3 amide bonds. The molecule has 1 aliphatic carbocycles. The van der Waals surface area contributed by atoms with Gasteiger partial charge in [0, 0.05) is 24.1 Å². The molecule has 1 saturated carbocycles. The van der Waals surface area contributed by atoms with Crippen molar-refractivity contribution in [3.8, 4) is 5.69 Å². The second-order valence-electron chi connectivity index (χ2n) is 6.15. The zero-order valence-corrected chi connectivity index (χ0v) is 12.7. The third-order valence-corrected chi connectivity index (χ3v) is 4.73. The first-order valence-electron chi connectivity index (χ1n) is 7.91. The largest absolute Gasteiger partial charge is 0.334 e. The van der Waals surface area contributed by atoms with E-state index in [1.165, 1.54) is 4.90 Å². The summed E-state index contributed by atoms with van der Waals surface area (Å²) in [6.45, 7) is 0.318. The van der Waals surface area contributed by atoms with Crippen molar-refractivity contribution in [2.45, 2.75) is 31.8 Å². The molecule has 1 saturated heterocycles. The molecule has 2 fully saturated rings. The summed E-state index contributed by atoms with van der Waals surface area (Å²) in [6, 6.07) is 7.57. The molecule has 1 aromatic carbocycles. The number of carbonyl (C=O) groups is 2. The molecule has 2 unspecified atom stereocenters. The van der Waals surface area contributed by atoms with Gasteiger partial charge in [-0.2, -0.15) is 0 Å². The second kappa shape index (κ2) is 5.53. The molecule has 4 rings (SSSR count). The van der Waals surface area contributed by atoms with E-state index in [2.05, 4.69) is 10.3 Å². The molecule has 2 atom stereocenters. The Kier molecular flexibility index (Phi) is 3.37. The number of hydrogen-bond acceptors (Lipinski definition) is 3. The smallest absolute Gasteiger partial charge is 0.324 e. The molecule has 23 heavy (non-hydrogen) atoms. The van der Waals surface area contributed by atoms with Gasteiger partial charge >= 0.3 is 6.03 Å². The number of carbonyl (C=O) groups excluding carboxylic acids is 2. The second-order valence-corrected chi connectivity index (χ2v) is 6.15. The summed E-state index contributed by atoms with van der Waals surface area (Å²) < 4.78 is 1.91. The van der Waals surface area contributed by atoms with Crippen LogP contribution in [0.4, 0.5) is 4.79 Å². The molecular formula is C17H18N4O2. The zero-order valence-electron chi connectivity index (χ0n) is 12.7. The van der Waals surface area contributed by atoms with Crippen LogP contribution in [0.5, 0.6) is 0 Å². The van der Waals surface area contributed by atoms with Crippen molar-refractivity contribution < 1.29 is 9.59 Å². The van der Waals surface area contributed by atoms with Crippen molar-refractivity contribution in [3.05, 3.63) is 48.5 Å². The quantitative estimate of drug-likeness (QED) is 0.944. The lowest BCUT2D eigenvalue weighted by molar-refractivity contribution is -0.135. The molecule has 6 heteroatoms. The molecule has 118 valence electrons. The lowest BCUT2D eigenvalue weighted by Crippen LogP contribution is -2.57. The summed E-state index contributed by atoms with van der Waals surface area (Å²) in [5.74, 6) is -0.0761. The Morgan fingerprint density at radius 3 is 2.74 bits per heavy atom. The molecule has 2 heterocycles. The average molecular weight is 310 g/mol. The van der Waals surface area contributed by atoms with Crippen LogP contribution in [-0.4, -0.2) is 32.4 Å². The first-order valence-corrected chi connectivity index (χ1v) is 7.91. The zero-order chi connectivity index (χ0) is 15.8. The van der Waals surface area contributed by atoms with Crippen molar-refractivity contribution in [1.82, 2.24) is 19.8 Å². The highest BCUT2D eigenvalue weighted by molar-refractivity contribution is 5.98. The van der Waals surface area contributed by atoms with Crippen LogP contribution in [0.15, 0.2) is 43.0 Å². The molecule has 0 radical (unpaired) electrons. The maximum atomic E-state index is 12.5. The maximum Gasteiger partial charge on any atom is 0.324 e. The highest BCUT2D eigenvalue weighted by atomic mass is 16.2. The van der Waals surface area contributed by atoms with Gasteiger partial charge in [0.1, 0.15) is 0 Å². The molecule has 6 nitrogen and oxygen atoms in total. The van der Waals surface area contributed by atoms with Gasteiger partial charge in [-0.3, -0.25) is 9.69 Å². The molecule has 2 aliphatic rings. The van der Waals surface area contributed by atoms with E-state index in [9.17, 15) is 9.59 Å². The van der Waals surface area contributed by atoms with Crippen molar-refractivity contribution in [1.29, 1.82) is 0 Å². The number of imidazole rings is 1. The minimum absolute atomic E-state index is 0.0325. The number of fused-ring (bicyclic) bond motifs is 1. The highest BCUT2D eigenvalue weighted by Gasteiger charge is 2.43. The summed E-state index contributed by atoms with van der Waals surface area (Å²) >= 11 is 0. The van der Waals surface area contributed by atoms with Crippen molar-refractivity contribution in [2.24, 2.45) is 5.92 Å². The average Bonchev–Trinajstić information content (AvgIpc) is 3.23. The van der Waals surface area contributed by atoms with Gasteiger partial charge in [0.15, 0.2) is 0 Å². The summed E-state index contributed by atoms with van der Waals surface area (Å²) in [6.07, 6.45) is 8.13. The lowest BCUT2D eigenvalue weighted by atomic mass is 9.99. The van der Waals surface area contributed by atoms with Crippen LogP contribution < -0.4 is 5.32 Å². The SMILES string of the molecule is O=C1NC2CCCC2C(=O)N1Cc1ccc(-n2ccnc2)cc1. The number of rotatable bonds is 3. The number of nitrogens with zero attached hydrogens (tertiary/aromatic N) is 3. The van der Waals surface area contributed by atoms with Gasteiger partial charge in [-0.15, -0.1) is 0 Å². The van der Waals surface area contributed by atoms with E-state index in [0.29, 0.717) is 6.54 Å². The fourth-order valence-corrected chi connectivity index (χ4v) is 3.48. The van der Waals surface area contributed by atoms with E-state index in [1.54, 1.807) is 12.5 Å². The van der Waals surface area contributed by atoms with Crippen molar-refractivity contribution in [2.75, 3.05) is 0 Å². The number of hydrogen-bond donors (Lipinski definition) is 1. The number of nitrogens with one attached hydrogen (secondary N) is 1. The van der Waals surface area contributed by atoms with E-state index < -0.39 is 0 Å². The third-order valence-electron chi connectivity index (χ3n) is 4.73. The van der Waals surface area contributed by atoms with Gasteiger partial charge in [-0.25, -0.2) is 9.78 Å². The van der Waals surface area contributed by atoms with Gasteiger partial charge in [-0.1, -0.05) is 18.6 Å². The highest BCUT2D eigenvalue weighted by Crippen LogP contribution is 2.31. The Morgan fingerprint density at radius 2 is 2.00 bits per heavy atom. The van der Waals surface area contributed by atoms with Crippen LogP contribution >= 0.6 is 0 Å². The van der Waals surface area contributed by atoms with E-state index >= 15 is 0 Å². The number of aromatic nitrogens is 2. The molecule has 1 aromatic heterocycles. The van der Waals surface area contributed by atoms with Gasteiger partial charge in [0.05, 0.1) is 18.8 Å². The van der Waals surface area contributed by atoms with Crippen LogP contribution in [0, 0.1) is 5.92 Å². The normalized spacial score (nSPS) is 23.7. The predicted octanol–water partition coefficient (Wildman–Crippen LogP) is 2.09. The number of urea groups is 1. The molecule has 1 N–H and O–H groups in total. The van der Waals surface area contributed by atoms with E-state index in [1.807, 2.05) is 35.0 Å². The van der Waals surface area contributed by atoms with Crippen LogP contribution in [0.3, 0.4) is 0 Å². The van der Waals surface area contributed by atoms with Gasteiger partial charge in [0.25, 0.3) is 0 Å². The van der Waals surface area contributed by atoms with E-state index in [-0.39, 0.29) is 23.9 Å². The van der Waals surface area contributed by atoms with Crippen molar-refractivity contribution in [3.63, 3.8) is 0 Å². The topological polar surface area (TPSA) is 67.2 Å². The summed E-state index contributed by atoms with van der Waals surface area (Å²) in [5.41, 5.74) is 1.94. The molecular weight excluding hydrogens is 292 g/mol. The first-order chi connectivity index (χ1) is 11.2. The standard InChI is InChI=1S/C17H18N4O2/c22-16-14-2-1-3-15(14)19-17(23)21(16)10-12-4-6-13(7-5-12)20-9-8-18-11-20/h4-9,11,14-15H,1-3,10H2,(H,19,23). The molecule has 0 bridgehead atoms. The van der Waals surface area contributed by atoms with Gasteiger partial charge in [0.2, 0.25) is 5.91 Å². The van der Waals surface area contributed by atoms with Crippen molar-refractivity contribution >= 4 is 11.9 Å². The number of benzene rings is 1. The Bertz CT molecular complexity index is 724. The Morgan fingerprint density at radius 1 is 1.17 bits per heavy atom. The third kappa shape index (κ3) is 2.50. The number of imide groups is 1. The Labute approximate surface area is 134 Å². The predicted molar refractivity (Wildman–Crippen MR) is 83.8 cm³/mol. The van der Waals surface area contributed by atoms with Gasteiger partial charge < -0.3 is 9.88 Å². The first kappa shape index (κ1) is 14.0. The van der Waals surface area contributed by atoms with Crippen LogP contribution in [0.25, 0.3) is 5.69 Å². The van der Waals surface area contributed by atoms with E-state index in [4.69, 9.17) is 0 Å². The van der Waals surface area contributed by atoms with E-state index in [0.717, 1.165) is 30.5 Å². The molecule has 1 aliphatic heterocycles.